The molecule has 5 heteroatoms. The summed E-state index contributed by atoms with van der Waals surface area (Å²) < 4.78 is 13.4. The summed E-state index contributed by atoms with van der Waals surface area (Å²) in [7, 11) is 0. The summed E-state index contributed by atoms with van der Waals surface area (Å²) in [6.45, 7) is 5.50. The smallest absolute Gasteiger partial charge is 0.242 e. The van der Waals surface area contributed by atoms with Crippen LogP contribution in [0.5, 0.6) is 0 Å². The first kappa shape index (κ1) is 13.5. The number of nitrogens with one attached hydrogen (secondary N) is 2. The van der Waals surface area contributed by atoms with Crippen molar-refractivity contribution in [1.29, 1.82) is 0 Å². The van der Waals surface area contributed by atoms with E-state index < -0.39 is 11.9 Å². The lowest BCUT2D eigenvalue weighted by Gasteiger charge is -2.15. The van der Waals surface area contributed by atoms with Crippen LogP contribution in [0.1, 0.15) is 6.92 Å². The summed E-state index contributed by atoms with van der Waals surface area (Å²) >= 11 is 5.74. The number of rotatable bonds is 5. The first-order chi connectivity index (χ1) is 8.04. The van der Waals surface area contributed by atoms with E-state index in [1.807, 2.05) is 0 Å². The number of hydrogen-bond donors (Lipinski definition) is 2. The minimum atomic E-state index is -0.553. The van der Waals surface area contributed by atoms with Crippen LogP contribution < -0.4 is 10.6 Å². The Hall–Kier alpha value is -1.55. The quantitative estimate of drug-likeness (QED) is 0.795. The lowest BCUT2D eigenvalue weighted by Crippen LogP contribution is -2.37. The SMILES string of the molecule is C=CCNC(=O)C(C)Nc1cc(Cl)ccc1F. The van der Waals surface area contributed by atoms with Crippen molar-refractivity contribution in [2.45, 2.75) is 13.0 Å². The number of hydrogen-bond acceptors (Lipinski definition) is 2. The van der Waals surface area contributed by atoms with E-state index in [9.17, 15) is 9.18 Å². The van der Waals surface area contributed by atoms with Crippen LogP contribution in [0, 0.1) is 5.82 Å². The second-order valence-electron chi connectivity index (χ2n) is 3.52. The van der Waals surface area contributed by atoms with Crippen LogP contribution in [0.15, 0.2) is 30.9 Å². The van der Waals surface area contributed by atoms with Gasteiger partial charge >= 0.3 is 0 Å². The Bertz CT molecular complexity index is 423. The maximum absolute atomic E-state index is 13.4. The Morgan fingerprint density at radius 2 is 2.35 bits per heavy atom. The van der Waals surface area contributed by atoms with Crippen molar-refractivity contribution in [3.05, 3.63) is 41.7 Å². The molecule has 2 N–H and O–H groups in total. The van der Waals surface area contributed by atoms with E-state index >= 15 is 0 Å². The van der Waals surface area contributed by atoms with Gasteiger partial charge in [-0.25, -0.2) is 4.39 Å². The third-order valence-corrected chi connectivity index (χ3v) is 2.35. The topological polar surface area (TPSA) is 41.1 Å². The molecule has 0 spiro atoms. The molecule has 0 bridgehead atoms. The number of carbonyl (C=O) groups is 1. The monoisotopic (exact) mass is 256 g/mol. The second kappa shape index (κ2) is 6.25. The molecule has 1 aromatic carbocycles. The first-order valence-electron chi connectivity index (χ1n) is 5.14. The number of anilines is 1. The normalized spacial score (nSPS) is 11.7. The van der Waals surface area contributed by atoms with Gasteiger partial charge in [0.15, 0.2) is 0 Å². The average Bonchev–Trinajstić information content (AvgIpc) is 2.30. The highest BCUT2D eigenvalue weighted by molar-refractivity contribution is 6.30. The van der Waals surface area contributed by atoms with E-state index in [4.69, 9.17) is 11.6 Å². The summed E-state index contributed by atoms with van der Waals surface area (Å²) in [5.41, 5.74) is 0.207. The molecule has 1 aromatic rings. The van der Waals surface area contributed by atoms with Gasteiger partial charge in [0.25, 0.3) is 0 Å². The van der Waals surface area contributed by atoms with Gasteiger partial charge in [0.2, 0.25) is 5.91 Å². The molecule has 0 heterocycles. The van der Waals surface area contributed by atoms with Crippen LogP contribution in [-0.4, -0.2) is 18.5 Å². The highest BCUT2D eigenvalue weighted by Crippen LogP contribution is 2.20. The van der Waals surface area contributed by atoms with Gasteiger partial charge in [0.05, 0.1) is 5.69 Å². The van der Waals surface area contributed by atoms with Gasteiger partial charge in [-0.15, -0.1) is 6.58 Å². The molecular weight excluding hydrogens is 243 g/mol. The van der Waals surface area contributed by atoms with Crippen LogP contribution in [-0.2, 0) is 4.79 Å². The fourth-order valence-corrected chi connectivity index (χ4v) is 1.40. The van der Waals surface area contributed by atoms with Crippen molar-refractivity contribution in [3.8, 4) is 0 Å². The van der Waals surface area contributed by atoms with Gasteiger partial charge in [0.1, 0.15) is 11.9 Å². The molecule has 1 amide bonds. The maximum atomic E-state index is 13.4. The molecule has 17 heavy (non-hydrogen) atoms. The van der Waals surface area contributed by atoms with Gasteiger partial charge in [0, 0.05) is 11.6 Å². The van der Waals surface area contributed by atoms with Gasteiger partial charge in [-0.1, -0.05) is 17.7 Å². The zero-order valence-corrected chi connectivity index (χ0v) is 10.2. The summed E-state index contributed by atoms with van der Waals surface area (Å²) in [4.78, 5) is 11.5. The molecule has 0 saturated carbocycles. The third kappa shape index (κ3) is 4.07. The van der Waals surface area contributed by atoms with Gasteiger partial charge in [-0.05, 0) is 25.1 Å². The van der Waals surface area contributed by atoms with Gasteiger partial charge < -0.3 is 10.6 Å². The largest absolute Gasteiger partial charge is 0.371 e. The van der Waals surface area contributed by atoms with Crippen molar-refractivity contribution >= 4 is 23.2 Å². The van der Waals surface area contributed by atoms with E-state index in [1.165, 1.54) is 18.2 Å². The molecule has 0 saturated heterocycles. The van der Waals surface area contributed by atoms with Crippen LogP contribution >= 0.6 is 11.6 Å². The van der Waals surface area contributed by atoms with Crippen molar-refractivity contribution in [2.24, 2.45) is 0 Å². The molecule has 92 valence electrons. The summed E-state index contributed by atoms with van der Waals surface area (Å²) in [5.74, 6) is -0.679. The molecule has 1 atom stereocenters. The minimum Gasteiger partial charge on any atom is -0.371 e. The summed E-state index contributed by atoms with van der Waals surface area (Å²) in [6, 6.07) is 3.58. The molecule has 1 rings (SSSR count). The Balaban J connectivity index is 2.66. The van der Waals surface area contributed by atoms with E-state index in [0.29, 0.717) is 11.6 Å². The number of amides is 1. The lowest BCUT2D eigenvalue weighted by atomic mass is 10.2. The zero-order chi connectivity index (χ0) is 12.8. The Labute approximate surface area is 105 Å². The van der Waals surface area contributed by atoms with E-state index in [-0.39, 0.29) is 11.6 Å². The highest BCUT2D eigenvalue weighted by Gasteiger charge is 2.13. The summed E-state index contributed by atoms with van der Waals surface area (Å²) in [5, 5.41) is 5.78. The molecule has 0 aliphatic carbocycles. The molecule has 0 aliphatic rings. The van der Waals surface area contributed by atoms with Crippen LogP contribution in [0.3, 0.4) is 0 Å². The highest BCUT2D eigenvalue weighted by atomic mass is 35.5. The van der Waals surface area contributed by atoms with Crippen LogP contribution in [0.2, 0.25) is 5.02 Å². The van der Waals surface area contributed by atoms with Gasteiger partial charge in [-0.2, -0.15) is 0 Å². The van der Waals surface area contributed by atoms with Crippen molar-refractivity contribution < 1.29 is 9.18 Å². The van der Waals surface area contributed by atoms with Crippen LogP contribution in [0.4, 0.5) is 10.1 Å². The molecule has 0 radical (unpaired) electrons. The molecular formula is C12H14ClFN2O. The lowest BCUT2D eigenvalue weighted by molar-refractivity contribution is -0.121. The minimum absolute atomic E-state index is 0.207. The summed E-state index contributed by atoms with van der Waals surface area (Å²) in [6.07, 6.45) is 1.57. The Kier molecular flexibility index (Phi) is 4.97. The number of halogens is 2. The Morgan fingerprint density at radius 1 is 1.65 bits per heavy atom. The molecule has 3 nitrogen and oxygen atoms in total. The van der Waals surface area contributed by atoms with Crippen LogP contribution in [0.25, 0.3) is 0 Å². The maximum Gasteiger partial charge on any atom is 0.242 e. The van der Waals surface area contributed by atoms with E-state index in [0.717, 1.165) is 0 Å². The van der Waals surface area contributed by atoms with E-state index in [2.05, 4.69) is 17.2 Å². The fourth-order valence-electron chi connectivity index (χ4n) is 1.23. The molecule has 0 fully saturated rings. The van der Waals surface area contributed by atoms with E-state index in [1.54, 1.807) is 13.0 Å². The first-order valence-corrected chi connectivity index (χ1v) is 5.52. The fraction of sp³-hybridized carbons (Fsp3) is 0.250. The second-order valence-corrected chi connectivity index (χ2v) is 3.96. The third-order valence-electron chi connectivity index (χ3n) is 2.11. The van der Waals surface area contributed by atoms with Crippen molar-refractivity contribution in [3.63, 3.8) is 0 Å². The number of benzene rings is 1. The standard InChI is InChI=1S/C12H14ClFN2O/c1-3-6-15-12(17)8(2)16-11-7-9(13)4-5-10(11)14/h3-5,7-8,16H,1,6H2,2H3,(H,15,17). The van der Waals surface area contributed by atoms with Crippen molar-refractivity contribution in [2.75, 3.05) is 11.9 Å². The van der Waals surface area contributed by atoms with Crippen molar-refractivity contribution in [1.82, 2.24) is 5.32 Å². The molecule has 0 aliphatic heterocycles. The van der Waals surface area contributed by atoms with Gasteiger partial charge in [-0.3, -0.25) is 4.79 Å². The molecule has 1 unspecified atom stereocenters. The molecule has 0 aromatic heterocycles. The average molecular weight is 257 g/mol. The Morgan fingerprint density at radius 3 is 3.00 bits per heavy atom. The predicted molar refractivity (Wildman–Crippen MR) is 67.7 cm³/mol. The number of carbonyl (C=O) groups excluding carboxylic acids is 1. The zero-order valence-electron chi connectivity index (χ0n) is 9.47. The predicted octanol–water partition coefficient (Wildman–Crippen LogP) is 2.58.